The highest BCUT2D eigenvalue weighted by Crippen LogP contribution is 2.09. The summed E-state index contributed by atoms with van der Waals surface area (Å²) in [6, 6.07) is 9.87. The first-order chi connectivity index (χ1) is 16.9. The molecule has 5 heteroatoms. The maximum Gasteiger partial charge on any atom is 0.0791 e. The molecular formula is C32H55N3S2. The van der Waals surface area contributed by atoms with Crippen molar-refractivity contribution in [3.05, 3.63) is 82.3 Å². The van der Waals surface area contributed by atoms with E-state index in [0.29, 0.717) is 16.2 Å². The largest absolute Gasteiger partial charge is 0.269 e. The minimum Gasteiger partial charge on any atom is -0.269 e. The summed E-state index contributed by atoms with van der Waals surface area (Å²) in [6.07, 6.45) is 12.0. The van der Waals surface area contributed by atoms with Gasteiger partial charge in [0, 0.05) is 47.7 Å². The lowest BCUT2D eigenvalue weighted by Crippen LogP contribution is -1.93. The highest BCUT2D eigenvalue weighted by atomic mass is 32.1. The third-order valence-corrected chi connectivity index (χ3v) is 3.44. The van der Waals surface area contributed by atoms with Crippen molar-refractivity contribution in [2.24, 2.45) is 21.2 Å². The normalized spacial score (nSPS) is 11.1. The van der Waals surface area contributed by atoms with E-state index in [2.05, 4.69) is 122 Å². The molecule has 1 aliphatic rings. The summed E-state index contributed by atoms with van der Waals surface area (Å²) in [4.78, 5) is 12.7. The van der Waals surface area contributed by atoms with Crippen LogP contribution in [0.4, 0.5) is 0 Å². The van der Waals surface area contributed by atoms with Gasteiger partial charge in [-0.3, -0.25) is 15.0 Å². The Morgan fingerprint density at radius 1 is 0.649 bits per heavy atom. The number of hydrogen-bond acceptors (Lipinski definition) is 5. The van der Waals surface area contributed by atoms with E-state index < -0.39 is 0 Å². The van der Waals surface area contributed by atoms with Gasteiger partial charge in [0.15, 0.2) is 0 Å². The van der Waals surface area contributed by atoms with E-state index >= 15 is 0 Å². The van der Waals surface area contributed by atoms with Gasteiger partial charge in [-0.1, -0.05) is 101 Å². The first-order valence-corrected chi connectivity index (χ1v) is 14.6. The lowest BCUT2D eigenvalue weighted by molar-refractivity contribution is 0.469. The van der Waals surface area contributed by atoms with Crippen LogP contribution in [0.5, 0.6) is 0 Å². The minimum atomic E-state index is 0.500. The highest BCUT2D eigenvalue weighted by molar-refractivity contribution is 7.09. The van der Waals surface area contributed by atoms with Gasteiger partial charge in [-0.25, -0.2) is 0 Å². The van der Waals surface area contributed by atoms with Gasteiger partial charge >= 0.3 is 0 Å². The maximum atomic E-state index is 3.78. The van der Waals surface area contributed by atoms with Crippen molar-refractivity contribution >= 4 is 28.9 Å². The average molecular weight is 546 g/mol. The van der Waals surface area contributed by atoms with Gasteiger partial charge in [-0.2, -0.15) is 0 Å². The van der Waals surface area contributed by atoms with Gasteiger partial charge in [0.2, 0.25) is 0 Å². The molecule has 0 N–H and O–H groups in total. The number of aryl methyl sites for hydroxylation is 1. The van der Waals surface area contributed by atoms with Crippen LogP contribution in [0.2, 0.25) is 0 Å². The van der Waals surface area contributed by atoms with Crippen LogP contribution in [-0.2, 0) is 0 Å². The van der Waals surface area contributed by atoms with Crippen molar-refractivity contribution in [1.82, 2.24) is 9.97 Å². The van der Waals surface area contributed by atoms with Crippen LogP contribution >= 0.6 is 22.7 Å². The Kier molecular flexibility index (Phi) is 25.8. The summed E-state index contributed by atoms with van der Waals surface area (Å²) < 4.78 is 0. The van der Waals surface area contributed by atoms with Crippen LogP contribution in [0, 0.1) is 23.2 Å². The average Bonchev–Trinajstić information content (AvgIpc) is 3.52. The molecule has 3 aromatic rings. The van der Waals surface area contributed by atoms with E-state index in [-0.39, 0.29) is 0 Å². The first-order valence-electron chi connectivity index (χ1n) is 12.7. The Balaban J connectivity index is -0.000000365. The number of pyridine rings is 1. The highest BCUT2D eigenvalue weighted by Gasteiger charge is 1.96. The predicted octanol–water partition coefficient (Wildman–Crippen LogP) is 11.4. The molecule has 0 bridgehead atoms. The third-order valence-electron chi connectivity index (χ3n) is 2.12. The molecule has 210 valence electrons. The van der Waals surface area contributed by atoms with Crippen molar-refractivity contribution in [2.75, 3.05) is 0 Å². The Bertz CT molecular complexity index is 732. The molecule has 4 rings (SSSR count). The second-order valence-electron chi connectivity index (χ2n) is 12.9. The fourth-order valence-electron chi connectivity index (χ4n) is 1.15. The summed E-state index contributed by atoms with van der Waals surface area (Å²) >= 11 is 3.38. The Hall–Kier alpha value is -2.11. The lowest BCUT2D eigenvalue weighted by atomic mass is 10.0. The van der Waals surface area contributed by atoms with Gasteiger partial charge in [0.25, 0.3) is 0 Å². The summed E-state index contributed by atoms with van der Waals surface area (Å²) in [5.74, 6) is 0. The van der Waals surface area contributed by atoms with E-state index in [9.17, 15) is 0 Å². The molecule has 0 aromatic carbocycles. The number of rotatable bonds is 0. The van der Waals surface area contributed by atoms with E-state index in [4.69, 9.17) is 0 Å². The van der Waals surface area contributed by atoms with Crippen LogP contribution in [0.25, 0.3) is 0 Å². The topological polar surface area (TPSA) is 38.1 Å². The summed E-state index contributed by atoms with van der Waals surface area (Å²) in [5.41, 5.74) is 3.29. The molecule has 0 atom stereocenters. The SMILES string of the molecule is C1=CN=CC1.CC(C)(C)C.CC(C)(C)C.CC(C)(C)C.Cc1cccs1.c1ccncc1.c1cscn1. The van der Waals surface area contributed by atoms with Crippen molar-refractivity contribution < 1.29 is 0 Å². The molecule has 0 aliphatic carbocycles. The fraction of sp³-hybridized carbons (Fsp3) is 0.531. The maximum absolute atomic E-state index is 3.78. The predicted molar refractivity (Wildman–Crippen MR) is 173 cm³/mol. The van der Waals surface area contributed by atoms with Crippen molar-refractivity contribution in [1.29, 1.82) is 0 Å². The molecule has 0 saturated carbocycles. The standard InChI is InChI=1S/C5H5N.C5H6S.3C5H12.C4H5N.C3H3NS/c1-2-4-6-5-3-1;1-5-3-2-4-6-5;3*1-5(2,3)4;1-2-4-5-3-1;1-2-5-3-4-1/h1-5H;2-4H,1H3;3*1-4H3;1,3-4H,2H2;1-3H. The van der Waals surface area contributed by atoms with E-state index in [1.807, 2.05) is 35.9 Å². The van der Waals surface area contributed by atoms with E-state index in [1.54, 1.807) is 53.0 Å². The molecule has 0 fully saturated rings. The molecule has 0 spiro atoms. The molecule has 0 saturated heterocycles. The molecule has 0 amide bonds. The molecule has 4 heterocycles. The summed E-state index contributed by atoms with van der Waals surface area (Å²) in [5, 5.41) is 4.01. The number of hydrogen-bond donors (Lipinski definition) is 0. The Labute approximate surface area is 238 Å². The molecule has 0 unspecified atom stereocenters. The van der Waals surface area contributed by atoms with Gasteiger partial charge in [-0.15, -0.1) is 22.7 Å². The zero-order chi connectivity index (χ0) is 29.2. The number of aromatic nitrogens is 2. The zero-order valence-corrected chi connectivity index (χ0v) is 27.6. The van der Waals surface area contributed by atoms with Crippen molar-refractivity contribution in [3.63, 3.8) is 0 Å². The molecule has 1 aliphatic heterocycles. The number of thiazole rings is 1. The second-order valence-corrected chi connectivity index (χ2v) is 14.8. The van der Waals surface area contributed by atoms with Gasteiger partial charge in [-0.05, 0) is 46.7 Å². The molecule has 3 nitrogen and oxygen atoms in total. The third kappa shape index (κ3) is 79.0. The van der Waals surface area contributed by atoms with Crippen LogP contribution < -0.4 is 0 Å². The fourth-order valence-corrected chi connectivity index (χ4v) is 2.03. The van der Waals surface area contributed by atoms with Crippen molar-refractivity contribution in [2.45, 2.75) is 96.4 Å². The van der Waals surface area contributed by atoms with Crippen LogP contribution in [0.15, 0.2) is 82.5 Å². The number of allylic oxidation sites excluding steroid dienone is 1. The zero-order valence-electron chi connectivity index (χ0n) is 25.9. The van der Waals surface area contributed by atoms with E-state index in [0.717, 1.165) is 6.42 Å². The van der Waals surface area contributed by atoms with Crippen LogP contribution in [-0.4, -0.2) is 16.2 Å². The molecular weight excluding hydrogens is 491 g/mol. The summed E-state index contributed by atoms with van der Waals surface area (Å²) in [6.45, 7) is 28.4. The number of aliphatic imine (C=N–C) groups is 1. The lowest BCUT2D eigenvalue weighted by Gasteiger charge is -2.05. The molecule has 3 aromatic heterocycles. The molecule has 0 radical (unpaired) electrons. The van der Waals surface area contributed by atoms with Crippen molar-refractivity contribution in [3.8, 4) is 0 Å². The summed E-state index contributed by atoms with van der Waals surface area (Å²) in [7, 11) is 0. The van der Waals surface area contributed by atoms with Gasteiger partial charge < -0.3 is 0 Å². The Morgan fingerprint density at radius 3 is 1.27 bits per heavy atom. The Morgan fingerprint density at radius 2 is 1.16 bits per heavy atom. The smallest absolute Gasteiger partial charge is 0.0791 e. The first kappa shape index (κ1) is 39.4. The minimum absolute atomic E-state index is 0.500. The quantitative estimate of drug-likeness (QED) is 0.282. The van der Waals surface area contributed by atoms with E-state index in [1.165, 1.54) is 4.88 Å². The van der Waals surface area contributed by atoms with Crippen LogP contribution in [0.3, 0.4) is 0 Å². The van der Waals surface area contributed by atoms with Crippen LogP contribution in [0.1, 0.15) is 94.4 Å². The molecule has 37 heavy (non-hydrogen) atoms. The second kappa shape index (κ2) is 24.2. The monoisotopic (exact) mass is 545 g/mol. The number of nitrogens with zero attached hydrogens (tertiary/aromatic N) is 3. The number of thiophene rings is 1. The van der Waals surface area contributed by atoms with Gasteiger partial charge in [0.05, 0.1) is 5.51 Å². The van der Waals surface area contributed by atoms with Gasteiger partial charge in [0.1, 0.15) is 0 Å².